The Balaban J connectivity index is 3.49. The maximum atomic E-state index is 4.42. The molecular weight excluding hydrogens is 132 g/mol. The van der Waals surface area contributed by atoms with Crippen LogP contribution in [-0.4, -0.2) is 36.7 Å². The molecule has 0 aliphatic heterocycles. The number of aliphatic imine (C=N–C) groups is 1. The average Bonchev–Trinajstić information content (AvgIpc) is 1.82. The van der Waals surface area contributed by atoms with Gasteiger partial charge < -0.3 is 4.90 Å². The first-order valence-corrected chi connectivity index (χ1v) is 3.29. The molecule has 0 aromatic rings. The van der Waals surface area contributed by atoms with Crippen molar-refractivity contribution in [3.63, 3.8) is 0 Å². The Morgan fingerprint density at radius 1 is 1.67 bits per heavy atom. The molecule has 9 heavy (non-hydrogen) atoms. The van der Waals surface area contributed by atoms with Crippen molar-refractivity contribution in [3.8, 4) is 0 Å². The quantitative estimate of drug-likeness (QED) is 0.434. The summed E-state index contributed by atoms with van der Waals surface area (Å²) in [5.41, 5.74) is 0. The lowest BCUT2D eigenvalue weighted by Crippen LogP contribution is -2.27. The molecule has 0 aliphatic rings. The molecule has 0 spiro atoms. The van der Waals surface area contributed by atoms with Crippen molar-refractivity contribution in [1.82, 2.24) is 4.90 Å². The molecule has 52 valence electrons. The van der Waals surface area contributed by atoms with Gasteiger partial charge in [-0.2, -0.15) is 0 Å². The molecule has 0 heterocycles. The van der Waals surface area contributed by atoms with Gasteiger partial charge in [0.2, 0.25) is 0 Å². The summed E-state index contributed by atoms with van der Waals surface area (Å²) in [6.45, 7) is 2.84. The van der Waals surface area contributed by atoms with E-state index >= 15 is 0 Å². The van der Waals surface area contributed by atoms with Crippen LogP contribution in [0.25, 0.3) is 0 Å². The Morgan fingerprint density at radius 2 is 2.22 bits per heavy atom. The van der Waals surface area contributed by atoms with Crippen molar-refractivity contribution in [1.29, 1.82) is 0 Å². The fourth-order valence-electron chi connectivity index (χ4n) is 0.333. The van der Waals surface area contributed by atoms with Gasteiger partial charge in [-0.25, -0.2) is 4.99 Å². The molecule has 0 amide bonds. The number of hydrogen-bond acceptors (Lipinski definition) is 3. The van der Waals surface area contributed by atoms with Gasteiger partial charge in [-0.3, -0.25) is 0 Å². The fourth-order valence-corrected chi connectivity index (χ4v) is 0.407. The summed E-state index contributed by atoms with van der Waals surface area (Å²) in [7, 11) is 4.03. The number of thiocarbonyl (C=S) groups is 1. The zero-order valence-electron chi connectivity index (χ0n) is 6.09. The number of hydrogen-bond donors (Lipinski definition) is 0. The second-order valence-electron chi connectivity index (χ2n) is 2.24. The van der Waals surface area contributed by atoms with Crippen molar-refractivity contribution in [2.45, 2.75) is 13.0 Å². The van der Waals surface area contributed by atoms with Crippen LogP contribution in [0.2, 0.25) is 0 Å². The number of nitrogens with zero attached hydrogens (tertiary/aromatic N) is 2. The van der Waals surface area contributed by atoms with Crippen LogP contribution in [0.4, 0.5) is 0 Å². The minimum absolute atomic E-state index is 0.459. The van der Waals surface area contributed by atoms with Crippen LogP contribution in [0.3, 0.4) is 0 Å². The first-order chi connectivity index (χ1) is 4.18. The smallest absolute Gasteiger partial charge is 0.0645 e. The highest BCUT2D eigenvalue weighted by atomic mass is 32.1. The molecule has 1 unspecified atom stereocenters. The maximum Gasteiger partial charge on any atom is 0.0645 e. The molecule has 0 aromatic heterocycles. The van der Waals surface area contributed by atoms with E-state index in [1.54, 1.807) is 0 Å². The van der Waals surface area contributed by atoms with E-state index in [4.69, 9.17) is 0 Å². The van der Waals surface area contributed by atoms with Crippen LogP contribution in [0.1, 0.15) is 6.92 Å². The summed E-state index contributed by atoms with van der Waals surface area (Å²) >= 11 is 4.42. The highest BCUT2D eigenvalue weighted by molar-refractivity contribution is 7.78. The van der Waals surface area contributed by atoms with E-state index < -0.39 is 0 Å². The highest BCUT2D eigenvalue weighted by Gasteiger charge is 2.00. The van der Waals surface area contributed by atoms with Crippen molar-refractivity contribution in [2.24, 2.45) is 4.99 Å². The predicted octanol–water partition coefficient (Wildman–Crippen LogP) is 1.04. The number of likely N-dealkylation sites (N-methyl/N-ethyl adjacent to an activating group) is 1. The molecule has 0 N–H and O–H groups in total. The molecule has 0 bridgehead atoms. The highest BCUT2D eigenvalue weighted by Crippen LogP contribution is 1.89. The normalized spacial score (nSPS) is 12.9. The van der Waals surface area contributed by atoms with E-state index in [0.717, 1.165) is 6.54 Å². The Labute approximate surface area is 61.6 Å². The van der Waals surface area contributed by atoms with E-state index in [9.17, 15) is 0 Å². The lowest BCUT2D eigenvalue weighted by Gasteiger charge is -2.15. The lowest BCUT2D eigenvalue weighted by molar-refractivity contribution is 0.321. The van der Waals surface area contributed by atoms with E-state index in [2.05, 4.69) is 34.2 Å². The van der Waals surface area contributed by atoms with Gasteiger partial charge in [0.25, 0.3) is 0 Å². The largest absolute Gasteiger partial charge is 0.305 e. The van der Waals surface area contributed by atoms with Gasteiger partial charge in [0.1, 0.15) is 0 Å². The van der Waals surface area contributed by atoms with Gasteiger partial charge in [-0.05, 0) is 33.2 Å². The van der Waals surface area contributed by atoms with Crippen molar-refractivity contribution in [2.75, 3.05) is 20.6 Å². The molecule has 0 rings (SSSR count). The SMILES string of the molecule is CC(CN=C=S)N(C)C. The van der Waals surface area contributed by atoms with Crippen LogP contribution in [-0.2, 0) is 0 Å². The van der Waals surface area contributed by atoms with Crippen LogP contribution in [0.5, 0.6) is 0 Å². The zero-order valence-corrected chi connectivity index (χ0v) is 6.90. The Morgan fingerprint density at radius 3 is 2.56 bits per heavy atom. The molecule has 2 nitrogen and oxygen atoms in total. The summed E-state index contributed by atoms with van der Waals surface area (Å²) in [5, 5.41) is 2.34. The second kappa shape index (κ2) is 4.62. The fraction of sp³-hybridized carbons (Fsp3) is 0.833. The van der Waals surface area contributed by atoms with Crippen molar-refractivity contribution >= 4 is 17.4 Å². The maximum absolute atomic E-state index is 4.42. The summed E-state index contributed by atoms with van der Waals surface area (Å²) < 4.78 is 0. The molecule has 0 saturated heterocycles. The Kier molecular flexibility index (Phi) is 4.50. The van der Waals surface area contributed by atoms with Crippen molar-refractivity contribution in [3.05, 3.63) is 0 Å². The monoisotopic (exact) mass is 144 g/mol. The Hall–Kier alpha value is -0.240. The third-order valence-electron chi connectivity index (χ3n) is 1.30. The first-order valence-electron chi connectivity index (χ1n) is 2.88. The topological polar surface area (TPSA) is 15.6 Å². The second-order valence-corrected chi connectivity index (χ2v) is 2.43. The van der Waals surface area contributed by atoms with Crippen molar-refractivity contribution < 1.29 is 0 Å². The van der Waals surface area contributed by atoms with Gasteiger partial charge in [0, 0.05) is 6.04 Å². The predicted molar refractivity (Wildman–Crippen MR) is 43.0 cm³/mol. The molecule has 0 fully saturated rings. The molecule has 0 aliphatic carbocycles. The average molecular weight is 144 g/mol. The Bertz CT molecular complexity index is 116. The van der Waals surface area contributed by atoms with Crippen LogP contribution < -0.4 is 0 Å². The summed E-state index contributed by atoms with van der Waals surface area (Å²) in [5.74, 6) is 0. The van der Waals surface area contributed by atoms with Crippen LogP contribution >= 0.6 is 12.2 Å². The van der Waals surface area contributed by atoms with Gasteiger partial charge in [0.05, 0.1) is 11.7 Å². The third kappa shape index (κ3) is 4.28. The third-order valence-corrected chi connectivity index (χ3v) is 1.43. The molecular formula is C6H12N2S. The van der Waals surface area contributed by atoms with E-state index in [1.165, 1.54) is 0 Å². The molecule has 0 saturated carbocycles. The van der Waals surface area contributed by atoms with Gasteiger partial charge in [0.15, 0.2) is 0 Å². The van der Waals surface area contributed by atoms with E-state index in [0.29, 0.717) is 6.04 Å². The molecule has 0 radical (unpaired) electrons. The lowest BCUT2D eigenvalue weighted by atomic mass is 10.3. The molecule has 0 aromatic carbocycles. The standard InChI is InChI=1S/C6H12N2S/c1-6(8(2)3)4-7-5-9/h6H,4H2,1-3H3. The minimum atomic E-state index is 0.459. The summed E-state index contributed by atoms with van der Waals surface area (Å²) in [6, 6.07) is 0.459. The minimum Gasteiger partial charge on any atom is -0.305 e. The van der Waals surface area contributed by atoms with E-state index in [1.807, 2.05) is 14.1 Å². The van der Waals surface area contributed by atoms with Crippen LogP contribution in [0.15, 0.2) is 4.99 Å². The summed E-state index contributed by atoms with van der Waals surface area (Å²) in [4.78, 5) is 5.91. The number of isothiocyanates is 1. The van der Waals surface area contributed by atoms with Gasteiger partial charge in [-0.1, -0.05) is 0 Å². The molecule has 1 atom stereocenters. The number of rotatable bonds is 3. The van der Waals surface area contributed by atoms with E-state index in [-0.39, 0.29) is 0 Å². The van der Waals surface area contributed by atoms with Gasteiger partial charge in [-0.15, -0.1) is 0 Å². The zero-order chi connectivity index (χ0) is 7.28. The van der Waals surface area contributed by atoms with Gasteiger partial charge >= 0.3 is 0 Å². The summed E-state index contributed by atoms with van der Waals surface area (Å²) in [6.07, 6.45) is 0. The first kappa shape index (κ1) is 8.76. The molecule has 3 heteroatoms. The van der Waals surface area contributed by atoms with Crippen LogP contribution in [0, 0.1) is 0 Å².